The number of H-pyrrole nitrogens is 1. The molecule has 5 nitrogen and oxygen atoms in total. The molecule has 0 aliphatic rings. The molecule has 0 aromatic carbocycles. The van der Waals surface area contributed by atoms with Gasteiger partial charge in [0.05, 0.1) is 11.1 Å². The smallest absolute Gasteiger partial charge is 0.286 e. The summed E-state index contributed by atoms with van der Waals surface area (Å²) in [5.74, 6) is 0. The van der Waals surface area contributed by atoms with Crippen LogP contribution in [0.1, 0.15) is 0 Å². The molecular formula is C8H7ClN4OS. The molecule has 2 aromatic heterocycles. The number of imidazole rings is 1. The van der Waals surface area contributed by atoms with Gasteiger partial charge in [0.2, 0.25) is 0 Å². The number of aromatic nitrogens is 4. The second-order valence-electron chi connectivity index (χ2n) is 2.75. The molecule has 0 spiro atoms. The molecule has 0 aliphatic carbocycles. The number of hydrogen-bond acceptors (Lipinski definition) is 4. The van der Waals surface area contributed by atoms with Gasteiger partial charge in [-0.05, 0) is 11.8 Å². The van der Waals surface area contributed by atoms with E-state index in [4.69, 9.17) is 11.6 Å². The van der Waals surface area contributed by atoms with E-state index in [0.29, 0.717) is 10.1 Å². The minimum atomic E-state index is -0.312. The van der Waals surface area contributed by atoms with E-state index in [-0.39, 0.29) is 10.6 Å². The molecule has 0 saturated carbocycles. The van der Waals surface area contributed by atoms with Crippen LogP contribution in [0.15, 0.2) is 33.4 Å². The second-order valence-corrected chi connectivity index (χ2v) is 4.16. The van der Waals surface area contributed by atoms with Crippen molar-refractivity contribution >= 4 is 23.4 Å². The lowest BCUT2D eigenvalue weighted by Gasteiger charge is -2.01. The summed E-state index contributed by atoms with van der Waals surface area (Å²) >= 11 is 7.15. The molecule has 1 N–H and O–H groups in total. The monoisotopic (exact) mass is 242 g/mol. The number of aromatic amines is 1. The lowest BCUT2D eigenvalue weighted by atomic mass is 10.6. The first-order chi connectivity index (χ1) is 7.18. The number of nitrogens with zero attached hydrogens (tertiary/aromatic N) is 3. The molecule has 2 heterocycles. The van der Waals surface area contributed by atoms with Gasteiger partial charge in [-0.2, -0.15) is 5.10 Å². The van der Waals surface area contributed by atoms with E-state index in [0.717, 1.165) is 0 Å². The fraction of sp³-hybridized carbons (Fsp3) is 0.125. The van der Waals surface area contributed by atoms with Crippen molar-refractivity contribution in [2.24, 2.45) is 7.05 Å². The van der Waals surface area contributed by atoms with Gasteiger partial charge in [-0.3, -0.25) is 4.79 Å². The Morgan fingerprint density at radius 2 is 2.40 bits per heavy atom. The molecule has 0 atom stereocenters. The number of hydrogen-bond donors (Lipinski definition) is 1. The van der Waals surface area contributed by atoms with Crippen LogP contribution >= 0.6 is 23.4 Å². The summed E-state index contributed by atoms with van der Waals surface area (Å²) in [4.78, 5) is 19.0. The molecular weight excluding hydrogens is 236 g/mol. The van der Waals surface area contributed by atoms with Crippen molar-refractivity contribution in [3.05, 3.63) is 34.0 Å². The summed E-state index contributed by atoms with van der Waals surface area (Å²) in [6, 6.07) is 0. The number of aryl methyl sites for hydroxylation is 1. The fourth-order valence-electron chi connectivity index (χ4n) is 0.978. The van der Waals surface area contributed by atoms with Gasteiger partial charge >= 0.3 is 0 Å². The van der Waals surface area contributed by atoms with E-state index in [1.54, 1.807) is 19.4 Å². The van der Waals surface area contributed by atoms with Gasteiger partial charge in [-0.25, -0.2) is 9.67 Å². The van der Waals surface area contributed by atoms with Crippen LogP contribution in [0.5, 0.6) is 0 Å². The maximum absolute atomic E-state index is 11.4. The van der Waals surface area contributed by atoms with Crippen molar-refractivity contribution in [3.8, 4) is 0 Å². The Morgan fingerprint density at radius 3 is 3.07 bits per heavy atom. The van der Waals surface area contributed by atoms with Crippen molar-refractivity contribution < 1.29 is 0 Å². The molecule has 0 bridgehead atoms. The van der Waals surface area contributed by atoms with Gasteiger partial charge in [-0.1, -0.05) is 11.6 Å². The molecule has 7 heteroatoms. The Bertz CT molecular complexity index is 522. The van der Waals surface area contributed by atoms with Crippen LogP contribution in [0.25, 0.3) is 0 Å². The van der Waals surface area contributed by atoms with E-state index in [1.807, 2.05) is 0 Å². The third kappa shape index (κ3) is 2.05. The Kier molecular flexibility index (Phi) is 2.79. The highest BCUT2D eigenvalue weighted by Gasteiger charge is 2.09. The predicted molar refractivity (Wildman–Crippen MR) is 57.2 cm³/mol. The summed E-state index contributed by atoms with van der Waals surface area (Å²) in [7, 11) is 1.55. The molecule has 2 aromatic rings. The van der Waals surface area contributed by atoms with Crippen LogP contribution in [0.2, 0.25) is 5.02 Å². The zero-order valence-corrected chi connectivity index (χ0v) is 9.34. The van der Waals surface area contributed by atoms with Crippen molar-refractivity contribution in [2.45, 2.75) is 10.1 Å². The minimum Gasteiger partial charge on any atom is -0.339 e. The summed E-state index contributed by atoms with van der Waals surface area (Å²) in [5.41, 5.74) is -0.312. The fourth-order valence-corrected chi connectivity index (χ4v) is 1.99. The zero-order chi connectivity index (χ0) is 10.8. The van der Waals surface area contributed by atoms with Crippen LogP contribution in [-0.4, -0.2) is 19.7 Å². The first kappa shape index (κ1) is 10.3. The number of nitrogens with one attached hydrogen (secondary N) is 1. The van der Waals surface area contributed by atoms with E-state index < -0.39 is 0 Å². The first-order valence-electron chi connectivity index (χ1n) is 4.07. The summed E-state index contributed by atoms with van der Waals surface area (Å²) in [6.45, 7) is 0. The molecule has 15 heavy (non-hydrogen) atoms. The van der Waals surface area contributed by atoms with E-state index in [2.05, 4.69) is 15.1 Å². The summed E-state index contributed by atoms with van der Waals surface area (Å²) in [6.07, 6.45) is 4.87. The van der Waals surface area contributed by atoms with Gasteiger partial charge in [0.1, 0.15) is 5.02 Å². The second kappa shape index (κ2) is 4.08. The molecule has 0 unspecified atom stereocenters. The zero-order valence-electron chi connectivity index (χ0n) is 7.77. The van der Waals surface area contributed by atoms with Crippen LogP contribution in [0.3, 0.4) is 0 Å². The highest BCUT2D eigenvalue weighted by atomic mass is 35.5. The molecule has 0 aliphatic heterocycles. The van der Waals surface area contributed by atoms with Crippen molar-refractivity contribution in [1.29, 1.82) is 0 Å². The average molecular weight is 243 g/mol. The van der Waals surface area contributed by atoms with Gasteiger partial charge in [0, 0.05) is 19.4 Å². The number of halogens is 1. The van der Waals surface area contributed by atoms with Crippen LogP contribution in [0, 0.1) is 0 Å². The Hall–Kier alpha value is -1.27. The van der Waals surface area contributed by atoms with Crippen molar-refractivity contribution in [2.75, 3.05) is 0 Å². The Labute approximate surface area is 94.5 Å². The molecule has 0 radical (unpaired) electrons. The van der Waals surface area contributed by atoms with Crippen molar-refractivity contribution in [3.63, 3.8) is 0 Å². The highest BCUT2D eigenvalue weighted by Crippen LogP contribution is 2.27. The number of rotatable bonds is 2. The van der Waals surface area contributed by atoms with E-state index in [1.165, 1.54) is 22.6 Å². The molecule has 0 saturated heterocycles. The summed E-state index contributed by atoms with van der Waals surface area (Å²) in [5, 5.41) is 4.71. The lowest BCUT2D eigenvalue weighted by molar-refractivity contribution is 0.696. The first-order valence-corrected chi connectivity index (χ1v) is 5.27. The Balaban J connectivity index is 2.38. The van der Waals surface area contributed by atoms with E-state index >= 15 is 0 Å². The highest BCUT2D eigenvalue weighted by molar-refractivity contribution is 7.99. The van der Waals surface area contributed by atoms with Crippen molar-refractivity contribution in [1.82, 2.24) is 19.7 Å². The largest absolute Gasteiger partial charge is 0.339 e. The van der Waals surface area contributed by atoms with Crippen LogP contribution in [0.4, 0.5) is 0 Å². The minimum absolute atomic E-state index is 0.161. The van der Waals surface area contributed by atoms with Gasteiger partial charge in [-0.15, -0.1) is 0 Å². The third-order valence-electron chi connectivity index (χ3n) is 1.73. The van der Waals surface area contributed by atoms with Gasteiger partial charge in [0.25, 0.3) is 5.56 Å². The summed E-state index contributed by atoms with van der Waals surface area (Å²) < 4.78 is 1.19. The van der Waals surface area contributed by atoms with E-state index in [9.17, 15) is 4.79 Å². The SMILES string of the molecule is Cn1ncc(Sc2ncc[nH]2)c(Cl)c1=O. The van der Waals surface area contributed by atoms with Crippen LogP contribution < -0.4 is 5.56 Å². The topological polar surface area (TPSA) is 63.6 Å². The van der Waals surface area contributed by atoms with Gasteiger partial charge < -0.3 is 4.98 Å². The van der Waals surface area contributed by atoms with Crippen LogP contribution in [-0.2, 0) is 7.05 Å². The quantitative estimate of drug-likeness (QED) is 0.863. The average Bonchev–Trinajstić information content (AvgIpc) is 2.72. The molecule has 78 valence electrons. The molecule has 0 amide bonds. The molecule has 2 rings (SSSR count). The van der Waals surface area contributed by atoms with Gasteiger partial charge in [0.15, 0.2) is 5.16 Å². The normalized spacial score (nSPS) is 10.5. The molecule has 0 fully saturated rings. The standard InChI is InChI=1S/C8H7ClN4OS/c1-13-7(14)6(9)5(4-12-13)15-8-10-2-3-11-8/h2-4H,1H3,(H,10,11). The lowest BCUT2D eigenvalue weighted by Crippen LogP contribution is -2.19. The maximum Gasteiger partial charge on any atom is 0.286 e. The Morgan fingerprint density at radius 1 is 1.60 bits per heavy atom. The predicted octanol–water partition coefficient (Wildman–Crippen LogP) is 1.31. The maximum atomic E-state index is 11.4. The third-order valence-corrected chi connectivity index (χ3v) is 3.15.